The number of hydrogen-bond acceptors (Lipinski definition) is 6. The van der Waals surface area contributed by atoms with Gasteiger partial charge < -0.3 is 29.9 Å². The van der Waals surface area contributed by atoms with Crippen LogP contribution in [0.2, 0.25) is 0 Å². The van der Waals surface area contributed by atoms with Gasteiger partial charge in [0.1, 0.15) is 24.4 Å². The van der Waals surface area contributed by atoms with Crippen molar-refractivity contribution in [2.75, 3.05) is 13.2 Å². The molecule has 0 amide bonds. The number of hydrogen-bond donors (Lipinski definition) is 4. The van der Waals surface area contributed by atoms with Gasteiger partial charge in [-0.1, -0.05) is 51.9 Å². The van der Waals surface area contributed by atoms with Gasteiger partial charge >= 0.3 is 0 Å². The molecule has 1 aliphatic rings. The first-order chi connectivity index (χ1) is 10.6. The van der Waals surface area contributed by atoms with E-state index in [2.05, 4.69) is 6.92 Å². The van der Waals surface area contributed by atoms with Crippen LogP contribution in [0.4, 0.5) is 0 Å². The summed E-state index contributed by atoms with van der Waals surface area (Å²) in [7, 11) is 0. The minimum Gasteiger partial charge on any atom is -0.394 e. The lowest BCUT2D eigenvalue weighted by atomic mass is 10.1. The molecule has 6 nitrogen and oxygen atoms in total. The molecule has 132 valence electrons. The third-order valence-electron chi connectivity index (χ3n) is 4.13. The summed E-state index contributed by atoms with van der Waals surface area (Å²) in [6, 6.07) is 0. The van der Waals surface area contributed by atoms with Crippen LogP contribution >= 0.6 is 0 Å². The number of aliphatic hydroxyl groups excluding tert-OH is 4. The Morgan fingerprint density at radius 3 is 2.18 bits per heavy atom. The van der Waals surface area contributed by atoms with Gasteiger partial charge in [-0.05, 0) is 6.42 Å². The molecule has 0 spiro atoms. The summed E-state index contributed by atoms with van der Waals surface area (Å²) >= 11 is 0. The Labute approximate surface area is 133 Å². The first-order valence-corrected chi connectivity index (χ1v) is 8.54. The van der Waals surface area contributed by atoms with Gasteiger partial charge in [-0.25, -0.2) is 0 Å². The van der Waals surface area contributed by atoms with Gasteiger partial charge in [-0.2, -0.15) is 0 Å². The van der Waals surface area contributed by atoms with Crippen molar-refractivity contribution in [3.05, 3.63) is 0 Å². The van der Waals surface area contributed by atoms with Crippen molar-refractivity contribution in [1.29, 1.82) is 0 Å². The van der Waals surface area contributed by atoms with E-state index >= 15 is 0 Å². The maximum absolute atomic E-state index is 9.96. The van der Waals surface area contributed by atoms with Gasteiger partial charge in [0, 0.05) is 6.61 Å². The molecule has 0 radical (unpaired) electrons. The molecule has 1 unspecified atom stereocenters. The molecule has 6 heteroatoms. The number of ether oxygens (including phenoxy) is 2. The highest BCUT2D eigenvalue weighted by Crippen LogP contribution is 2.25. The second kappa shape index (κ2) is 11.3. The van der Waals surface area contributed by atoms with Crippen molar-refractivity contribution in [2.45, 2.75) is 89.0 Å². The Kier molecular flexibility index (Phi) is 10.2. The zero-order chi connectivity index (χ0) is 16.4. The highest BCUT2D eigenvalue weighted by atomic mass is 16.7. The molecule has 1 fully saturated rings. The van der Waals surface area contributed by atoms with Crippen LogP contribution < -0.4 is 0 Å². The Bertz CT molecular complexity index is 275. The normalized spacial score (nSPS) is 29.9. The number of unbranched alkanes of at least 4 members (excludes halogenated alkanes) is 7. The fraction of sp³-hybridized carbons (Fsp3) is 1.00. The van der Waals surface area contributed by atoms with Crippen LogP contribution in [0.15, 0.2) is 0 Å². The Morgan fingerprint density at radius 1 is 1.00 bits per heavy atom. The van der Waals surface area contributed by atoms with Crippen molar-refractivity contribution in [1.82, 2.24) is 0 Å². The summed E-state index contributed by atoms with van der Waals surface area (Å²) in [4.78, 5) is 0. The van der Waals surface area contributed by atoms with Crippen molar-refractivity contribution in [3.8, 4) is 0 Å². The summed E-state index contributed by atoms with van der Waals surface area (Å²) in [5, 5.41) is 38.0. The van der Waals surface area contributed by atoms with Gasteiger partial charge in [0.25, 0.3) is 0 Å². The maximum atomic E-state index is 9.96. The van der Waals surface area contributed by atoms with Crippen LogP contribution in [0.1, 0.15) is 58.3 Å². The SMILES string of the molecule is CCCCCCCCCCO[C@H]1C(O)O[C@@H]([C@H](O)CO)[C@@H]1O. The van der Waals surface area contributed by atoms with E-state index in [4.69, 9.17) is 14.6 Å². The van der Waals surface area contributed by atoms with Gasteiger partial charge in [-0.3, -0.25) is 0 Å². The first kappa shape index (κ1) is 19.8. The number of aliphatic hydroxyl groups is 4. The van der Waals surface area contributed by atoms with Crippen molar-refractivity contribution in [2.24, 2.45) is 0 Å². The lowest BCUT2D eigenvalue weighted by Crippen LogP contribution is -2.41. The van der Waals surface area contributed by atoms with Crippen molar-refractivity contribution < 1.29 is 29.9 Å². The lowest BCUT2D eigenvalue weighted by Gasteiger charge is -2.20. The van der Waals surface area contributed by atoms with Crippen molar-refractivity contribution >= 4 is 0 Å². The summed E-state index contributed by atoms with van der Waals surface area (Å²) in [5.74, 6) is 0. The third-order valence-corrected chi connectivity index (χ3v) is 4.13. The highest BCUT2D eigenvalue weighted by Gasteiger charge is 2.46. The van der Waals surface area contributed by atoms with E-state index in [-0.39, 0.29) is 0 Å². The zero-order valence-electron chi connectivity index (χ0n) is 13.6. The molecule has 1 saturated heterocycles. The molecule has 1 heterocycles. The molecule has 0 aromatic carbocycles. The van der Waals surface area contributed by atoms with Crippen LogP contribution in [-0.4, -0.2) is 64.3 Å². The molecular weight excluding hydrogens is 288 g/mol. The van der Waals surface area contributed by atoms with E-state index in [0.717, 1.165) is 12.8 Å². The molecule has 22 heavy (non-hydrogen) atoms. The first-order valence-electron chi connectivity index (χ1n) is 8.54. The Morgan fingerprint density at radius 2 is 1.59 bits per heavy atom. The number of rotatable bonds is 12. The van der Waals surface area contributed by atoms with Gasteiger partial charge in [0.05, 0.1) is 6.61 Å². The quantitative estimate of drug-likeness (QED) is 0.400. The van der Waals surface area contributed by atoms with Crippen LogP contribution in [0.5, 0.6) is 0 Å². The second-order valence-electron chi connectivity index (χ2n) is 6.04. The van der Waals surface area contributed by atoms with E-state index in [1.54, 1.807) is 0 Å². The molecule has 1 aliphatic heterocycles. The fourth-order valence-electron chi connectivity index (χ4n) is 2.73. The summed E-state index contributed by atoms with van der Waals surface area (Å²) in [6.07, 6.45) is 4.00. The minimum absolute atomic E-state index is 0.443. The monoisotopic (exact) mass is 320 g/mol. The summed E-state index contributed by atoms with van der Waals surface area (Å²) < 4.78 is 10.5. The second-order valence-corrected chi connectivity index (χ2v) is 6.04. The Balaban J connectivity index is 2.09. The predicted octanol–water partition coefficient (Wildman–Crippen LogP) is 0.944. The largest absolute Gasteiger partial charge is 0.394 e. The zero-order valence-corrected chi connectivity index (χ0v) is 13.6. The molecular formula is C16H32O6. The molecule has 0 aromatic heterocycles. The van der Waals surface area contributed by atoms with Crippen LogP contribution in [0, 0.1) is 0 Å². The predicted molar refractivity (Wildman–Crippen MR) is 82.3 cm³/mol. The van der Waals surface area contributed by atoms with E-state index in [1.165, 1.54) is 38.5 Å². The Hall–Kier alpha value is -0.240. The topological polar surface area (TPSA) is 99.4 Å². The summed E-state index contributed by atoms with van der Waals surface area (Å²) in [5.41, 5.74) is 0. The smallest absolute Gasteiger partial charge is 0.184 e. The molecule has 5 atom stereocenters. The van der Waals surface area contributed by atoms with Gasteiger partial charge in [0.2, 0.25) is 0 Å². The third kappa shape index (κ3) is 6.48. The molecule has 0 saturated carbocycles. The molecule has 0 aliphatic carbocycles. The van der Waals surface area contributed by atoms with E-state index in [0.29, 0.717) is 6.61 Å². The lowest BCUT2D eigenvalue weighted by molar-refractivity contribution is -0.159. The van der Waals surface area contributed by atoms with Crippen LogP contribution in [-0.2, 0) is 9.47 Å². The average molecular weight is 320 g/mol. The van der Waals surface area contributed by atoms with Gasteiger partial charge in [-0.15, -0.1) is 0 Å². The van der Waals surface area contributed by atoms with Crippen LogP contribution in [0.3, 0.4) is 0 Å². The van der Waals surface area contributed by atoms with Crippen molar-refractivity contribution in [3.63, 3.8) is 0 Å². The molecule has 1 rings (SSSR count). The average Bonchev–Trinajstić information content (AvgIpc) is 2.80. The standard InChI is InChI=1S/C16H32O6/c1-2-3-4-5-6-7-8-9-10-21-15-13(19)14(12(18)11-17)22-16(15)20/h12-20H,2-11H2,1H3/t12-,13+,14+,15-,16?/m1/s1. The minimum atomic E-state index is -1.27. The fourth-order valence-corrected chi connectivity index (χ4v) is 2.73. The molecule has 0 aromatic rings. The van der Waals surface area contributed by atoms with Crippen LogP contribution in [0.25, 0.3) is 0 Å². The molecule has 0 bridgehead atoms. The maximum Gasteiger partial charge on any atom is 0.184 e. The van der Waals surface area contributed by atoms with Gasteiger partial charge in [0.15, 0.2) is 6.29 Å². The highest BCUT2D eigenvalue weighted by molar-refractivity contribution is 4.91. The van der Waals surface area contributed by atoms with E-state index in [1.807, 2.05) is 0 Å². The summed E-state index contributed by atoms with van der Waals surface area (Å²) in [6.45, 7) is 2.12. The van der Waals surface area contributed by atoms with E-state index in [9.17, 15) is 15.3 Å². The molecule has 4 N–H and O–H groups in total. The van der Waals surface area contributed by atoms with E-state index < -0.39 is 37.3 Å².